The van der Waals surface area contributed by atoms with E-state index in [9.17, 15) is 4.79 Å². The van der Waals surface area contributed by atoms with Crippen molar-refractivity contribution >= 4 is 40.5 Å². The first-order chi connectivity index (χ1) is 14.3. The Balaban J connectivity index is 1.64. The highest BCUT2D eigenvalue weighted by Gasteiger charge is 2.38. The van der Waals surface area contributed by atoms with Crippen LogP contribution in [0.1, 0.15) is 30.5 Å². The second-order valence-corrected chi connectivity index (χ2v) is 9.14. The van der Waals surface area contributed by atoms with E-state index in [2.05, 4.69) is 26.0 Å². The highest BCUT2D eigenvalue weighted by molar-refractivity contribution is 6.35. The van der Waals surface area contributed by atoms with Gasteiger partial charge in [-0.15, -0.1) is 0 Å². The van der Waals surface area contributed by atoms with E-state index in [0.29, 0.717) is 16.6 Å². The monoisotopic (exact) mass is 438 g/mol. The maximum absolute atomic E-state index is 13.5. The van der Waals surface area contributed by atoms with Crippen LogP contribution in [0.4, 0.5) is 11.4 Å². The number of fused-ring (bicyclic) bond motifs is 2. The van der Waals surface area contributed by atoms with Crippen LogP contribution in [0, 0.1) is 0 Å². The zero-order valence-electron chi connectivity index (χ0n) is 17.3. The molecular formula is C25H24Cl2N2O. The van der Waals surface area contributed by atoms with Crippen LogP contribution >= 0.6 is 23.2 Å². The van der Waals surface area contributed by atoms with Gasteiger partial charge in [-0.2, -0.15) is 0 Å². The van der Waals surface area contributed by atoms with Gasteiger partial charge in [0.25, 0.3) is 0 Å². The van der Waals surface area contributed by atoms with Gasteiger partial charge in [-0.25, -0.2) is 0 Å². The Labute approximate surface area is 187 Å². The number of amides is 1. The third kappa shape index (κ3) is 3.74. The lowest BCUT2D eigenvalue weighted by Crippen LogP contribution is -2.41. The summed E-state index contributed by atoms with van der Waals surface area (Å²) >= 11 is 12.3. The zero-order chi connectivity index (χ0) is 21.5. The maximum Gasteiger partial charge on any atom is 0.245 e. The normalized spacial score (nSPS) is 14.4. The Morgan fingerprint density at radius 1 is 0.933 bits per heavy atom. The number of benzene rings is 3. The summed E-state index contributed by atoms with van der Waals surface area (Å²) in [7, 11) is 1.93. The van der Waals surface area contributed by atoms with Gasteiger partial charge < -0.3 is 0 Å². The molecule has 0 spiro atoms. The summed E-state index contributed by atoms with van der Waals surface area (Å²) in [6.45, 7) is 5.24. The number of nitrogens with zero attached hydrogens (tertiary/aromatic N) is 2. The summed E-state index contributed by atoms with van der Waals surface area (Å²) in [5.41, 5.74) is 4.97. The van der Waals surface area contributed by atoms with Crippen LogP contribution in [-0.2, 0) is 16.8 Å². The average Bonchev–Trinajstić information content (AvgIpc) is 2.70. The van der Waals surface area contributed by atoms with Crippen molar-refractivity contribution in [2.45, 2.75) is 25.8 Å². The fourth-order valence-electron chi connectivity index (χ4n) is 4.24. The Morgan fingerprint density at radius 2 is 1.50 bits per heavy atom. The van der Waals surface area contributed by atoms with Crippen molar-refractivity contribution in [1.29, 1.82) is 0 Å². The molecule has 0 bridgehead atoms. The molecule has 1 heterocycles. The average molecular weight is 439 g/mol. The predicted molar refractivity (Wildman–Crippen MR) is 125 cm³/mol. The van der Waals surface area contributed by atoms with Gasteiger partial charge in [-0.05, 0) is 48.0 Å². The minimum atomic E-state index is -0.174. The Bertz CT molecular complexity index is 1060. The topological polar surface area (TPSA) is 23.6 Å². The minimum Gasteiger partial charge on any atom is -0.293 e. The van der Waals surface area contributed by atoms with Gasteiger partial charge >= 0.3 is 0 Å². The number of hydrogen-bond acceptors (Lipinski definition) is 2. The van der Waals surface area contributed by atoms with E-state index in [4.69, 9.17) is 23.2 Å². The zero-order valence-corrected chi connectivity index (χ0v) is 18.8. The third-order valence-electron chi connectivity index (χ3n) is 5.75. The number of hydrogen-bond donors (Lipinski definition) is 0. The molecule has 4 rings (SSSR count). The van der Waals surface area contributed by atoms with E-state index in [1.165, 1.54) is 0 Å². The molecule has 0 unspecified atom stereocenters. The van der Waals surface area contributed by atoms with Crippen molar-refractivity contribution in [3.05, 3.63) is 93.5 Å². The largest absolute Gasteiger partial charge is 0.293 e. The van der Waals surface area contributed by atoms with E-state index in [1.807, 2.05) is 65.4 Å². The fourth-order valence-corrected chi connectivity index (χ4v) is 4.70. The smallest absolute Gasteiger partial charge is 0.245 e. The van der Waals surface area contributed by atoms with E-state index in [-0.39, 0.29) is 17.9 Å². The molecule has 30 heavy (non-hydrogen) atoms. The molecule has 0 saturated heterocycles. The van der Waals surface area contributed by atoms with Crippen LogP contribution in [0.15, 0.2) is 66.7 Å². The van der Waals surface area contributed by atoms with Gasteiger partial charge in [-0.3, -0.25) is 14.6 Å². The molecule has 0 saturated carbocycles. The fraction of sp³-hybridized carbons (Fsp3) is 0.240. The molecule has 3 aromatic carbocycles. The Hall–Kier alpha value is -2.33. The second-order valence-electron chi connectivity index (χ2n) is 8.30. The number of carbonyl (C=O) groups excluding carboxylic acids is 1. The molecular weight excluding hydrogens is 415 g/mol. The van der Waals surface area contributed by atoms with E-state index in [0.717, 1.165) is 28.1 Å². The molecule has 3 aromatic rings. The molecule has 1 aliphatic rings. The van der Waals surface area contributed by atoms with Gasteiger partial charge in [0.05, 0.1) is 17.9 Å². The Kier molecular flexibility index (Phi) is 5.63. The lowest BCUT2D eigenvalue weighted by atomic mass is 9.73. The third-order valence-corrected chi connectivity index (χ3v) is 6.33. The van der Waals surface area contributed by atoms with Crippen molar-refractivity contribution in [3.63, 3.8) is 0 Å². The van der Waals surface area contributed by atoms with Crippen LogP contribution in [-0.4, -0.2) is 24.4 Å². The highest BCUT2D eigenvalue weighted by Crippen LogP contribution is 2.48. The summed E-state index contributed by atoms with van der Waals surface area (Å²) in [5, 5.41) is 1.21. The van der Waals surface area contributed by atoms with E-state index >= 15 is 0 Å². The predicted octanol–water partition coefficient (Wildman–Crippen LogP) is 6.43. The molecule has 0 aliphatic carbocycles. The first-order valence-corrected chi connectivity index (χ1v) is 10.7. The quantitative estimate of drug-likeness (QED) is 0.468. The minimum absolute atomic E-state index is 0.0259. The van der Waals surface area contributed by atoms with E-state index in [1.54, 1.807) is 6.07 Å². The molecule has 0 aromatic heterocycles. The number of likely N-dealkylation sites (N-methyl/N-ethyl adjacent to an activating group) is 1. The highest BCUT2D eigenvalue weighted by atomic mass is 35.5. The van der Waals surface area contributed by atoms with Crippen LogP contribution in [0.3, 0.4) is 0 Å². The molecule has 0 atom stereocenters. The van der Waals surface area contributed by atoms with Gasteiger partial charge in [0.1, 0.15) is 0 Å². The molecule has 1 aliphatic heterocycles. The van der Waals surface area contributed by atoms with Crippen LogP contribution in [0.2, 0.25) is 10.0 Å². The number of carbonyl (C=O) groups is 1. The summed E-state index contributed by atoms with van der Waals surface area (Å²) in [6, 6.07) is 21.8. The van der Waals surface area contributed by atoms with Crippen molar-refractivity contribution in [2.75, 3.05) is 18.5 Å². The van der Waals surface area contributed by atoms with Gasteiger partial charge in [0, 0.05) is 22.0 Å². The van der Waals surface area contributed by atoms with Gasteiger partial charge in [-0.1, -0.05) is 79.5 Å². The van der Waals surface area contributed by atoms with Crippen LogP contribution < -0.4 is 4.90 Å². The maximum atomic E-state index is 13.5. The number of anilines is 2. The molecule has 0 fully saturated rings. The molecule has 3 nitrogen and oxygen atoms in total. The summed E-state index contributed by atoms with van der Waals surface area (Å²) < 4.78 is 0. The van der Waals surface area contributed by atoms with Crippen molar-refractivity contribution in [1.82, 2.24) is 4.90 Å². The molecule has 1 amide bonds. The number of para-hydroxylation sites is 2. The van der Waals surface area contributed by atoms with Crippen molar-refractivity contribution in [3.8, 4) is 0 Å². The Morgan fingerprint density at radius 3 is 2.07 bits per heavy atom. The first-order valence-electron chi connectivity index (χ1n) is 9.93. The summed E-state index contributed by atoms with van der Waals surface area (Å²) in [4.78, 5) is 17.3. The lowest BCUT2D eigenvalue weighted by Gasteiger charge is -2.41. The molecule has 5 heteroatoms. The lowest BCUT2D eigenvalue weighted by molar-refractivity contribution is -0.118. The van der Waals surface area contributed by atoms with Gasteiger partial charge in [0.2, 0.25) is 5.91 Å². The van der Waals surface area contributed by atoms with Crippen molar-refractivity contribution in [2.24, 2.45) is 0 Å². The number of rotatable bonds is 4. The summed E-state index contributed by atoms with van der Waals surface area (Å²) in [5.74, 6) is 0.0259. The second kappa shape index (κ2) is 8.07. The first kappa shape index (κ1) is 20.9. The molecule has 154 valence electrons. The van der Waals surface area contributed by atoms with Crippen LogP contribution in [0.25, 0.3) is 0 Å². The van der Waals surface area contributed by atoms with E-state index < -0.39 is 0 Å². The standard InChI is InChI=1S/C25H24Cl2N2O/c1-25(2)19-8-4-6-10-22(19)29(23-11-7-5-9-20(23)25)24(30)16-28(3)15-17-12-13-18(26)14-21(17)27/h4-14H,15-16H2,1-3H3. The number of halogens is 2. The van der Waals surface area contributed by atoms with Crippen molar-refractivity contribution < 1.29 is 4.79 Å². The van der Waals surface area contributed by atoms with Crippen LogP contribution in [0.5, 0.6) is 0 Å². The van der Waals surface area contributed by atoms with Gasteiger partial charge in [0.15, 0.2) is 0 Å². The SMILES string of the molecule is CN(CC(=O)N1c2ccccc2C(C)(C)c2ccccc21)Cc1ccc(Cl)cc1Cl. The molecule has 0 radical (unpaired) electrons. The molecule has 0 N–H and O–H groups in total. The summed E-state index contributed by atoms with van der Waals surface area (Å²) in [6.07, 6.45) is 0.